The zero-order chi connectivity index (χ0) is 13.8. The van der Waals surface area contributed by atoms with Crippen molar-refractivity contribution in [1.82, 2.24) is 15.1 Å². The predicted molar refractivity (Wildman–Crippen MR) is 67.3 cm³/mol. The maximum Gasteiger partial charge on any atom is 0.241 e. The van der Waals surface area contributed by atoms with Gasteiger partial charge in [-0.2, -0.15) is 5.10 Å². The van der Waals surface area contributed by atoms with E-state index < -0.39 is 0 Å². The number of hydrogen-bond acceptors (Lipinski definition) is 4. The molecule has 102 valence electrons. The Morgan fingerprint density at radius 2 is 2.11 bits per heavy atom. The fraction of sp³-hybridized carbons (Fsp3) is 0.500. The van der Waals surface area contributed by atoms with Crippen LogP contribution in [0.2, 0.25) is 0 Å². The summed E-state index contributed by atoms with van der Waals surface area (Å²) < 4.78 is 1.45. The van der Waals surface area contributed by atoms with E-state index in [9.17, 15) is 14.4 Å². The number of carbonyl (C=O) groups excluding carboxylic acids is 3. The zero-order valence-electron chi connectivity index (χ0n) is 10.7. The summed E-state index contributed by atoms with van der Waals surface area (Å²) in [6.07, 6.45) is 4.93. The van der Waals surface area contributed by atoms with E-state index in [1.807, 2.05) is 0 Å². The van der Waals surface area contributed by atoms with Crippen LogP contribution < -0.4 is 10.6 Å². The first-order valence-electron chi connectivity index (χ1n) is 6.14. The number of Topliss-reactive ketones (excluding diaryl/α,β-unsaturated/α-hetero) is 1. The van der Waals surface area contributed by atoms with Crippen LogP contribution in [0.25, 0.3) is 0 Å². The highest BCUT2D eigenvalue weighted by Gasteiger charge is 2.23. The smallest absolute Gasteiger partial charge is 0.241 e. The Morgan fingerprint density at radius 1 is 1.37 bits per heavy atom. The van der Waals surface area contributed by atoms with Crippen LogP contribution in [0.1, 0.15) is 26.2 Å². The van der Waals surface area contributed by atoms with E-state index in [4.69, 9.17) is 0 Å². The van der Waals surface area contributed by atoms with E-state index in [2.05, 4.69) is 15.7 Å². The number of carbonyl (C=O) groups is 3. The maximum absolute atomic E-state index is 11.5. The molecule has 1 aliphatic rings. The number of aromatic nitrogens is 2. The molecule has 1 fully saturated rings. The summed E-state index contributed by atoms with van der Waals surface area (Å²) in [6, 6.07) is 0.317. The van der Waals surface area contributed by atoms with Gasteiger partial charge < -0.3 is 10.6 Å². The molecule has 1 aromatic heterocycles. The number of amides is 2. The summed E-state index contributed by atoms with van der Waals surface area (Å²) in [5.41, 5.74) is 0.477. The quantitative estimate of drug-likeness (QED) is 0.711. The van der Waals surface area contributed by atoms with E-state index in [-0.39, 0.29) is 30.6 Å². The van der Waals surface area contributed by atoms with Crippen LogP contribution in [0.4, 0.5) is 5.69 Å². The number of ketones is 1. The molecule has 1 aromatic rings. The molecule has 19 heavy (non-hydrogen) atoms. The van der Waals surface area contributed by atoms with Crippen LogP contribution in [0.3, 0.4) is 0 Å². The molecule has 0 aromatic carbocycles. The van der Waals surface area contributed by atoms with Gasteiger partial charge in [0.05, 0.1) is 18.3 Å². The van der Waals surface area contributed by atoms with Crippen molar-refractivity contribution >= 4 is 23.3 Å². The third-order valence-electron chi connectivity index (χ3n) is 2.57. The summed E-state index contributed by atoms with van der Waals surface area (Å²) in [4.78, 5) is 33.7. The van der Waals surface area contributed by atoms with Crippen LogP contribution in [0.15, 0.2) is 12.4 Å². The molecular weight excluding hydrogens is 248 g/mol. The first-order chi connectivity index (χ1) is 9.02. The lowest BCUT2D eigenvalue weighted by molar-refractivity contribution is -0.124. The van der Waals surface area contributed by atoms with Crippen LogP contribution in [-0.4, -0.2) is 33.4 Å². The van der Waals surface area contributed by atoms with Crippen molar-refractivity contribution in [2.45, 2.75) is 38.8 Å². The summed E-state index contributed by atoms with van der Waals surface area (Å²) >= 11 is 0. The molecule has 2 rings (SSSR count). The van der Waals surface area contributed by atoms with E-state index in [0.29, 0.717) is 11.7 Å². The van der Waals surface area contributed by atoms with Crippen molar-refractivity contribution in [3.05, 3.63) is 12.4 Å². The monoisotopic (exact) mass is 264 g/mol. The van der Waals surface area contributed by atoms with Gasteiger partial charge in [-0.15, -0.1) is 0 Å². The third-order valence-corrected chi connectivity index (χ3v) is 2.57. The molecule has 2 N–H and O–H groups in total. The predicted octanol–water partition coefficient (Wildman–Crippen LogP) is 0.0793. The molecule has 0 aliphatic heterocycles. The molecule has 2 amide bonds. The summed E-state index contributed by atoms with van der Waals surface area (Å²) in [5, 5.41) is 9.36. The molecule has 0 bridgehead atoms. The van der Waals surface area contributed by atoms with Gasteiger partial charge in [0.2, 0.25) is 11.8 Å². The van der Waals surface area contributed by atoms with Gasteiger partial charge in [0.1, 0.15) is 12.3 Å². The second kappa shape index (κ2) is 5.64. The number of nitrogens with one attached hydrogen (secondary N) is 2. The Kier molecular flexibility index (Phi) is 3.94. The molecule has 7 heteroatoms. The average Bonchev–Trinajstić information content (AvgIpc) is 2.98. The summed E-state index contributed by atoms with van der Waals surface area (Å²) in [5.74, 6) is -0.671. The van der Waals surface area contributed by atoms with Crippen LogP contribution in [0, 0.1) is 0 Å². The minimum absolute atomic E-state index is 0.0905. The fourth-order valence-corrected chi connectivity index (χ4v) is 1.59. The molecule has 7 nitrogen and oxygen atoms in total. The third kappa shape index (κ3) is 4.53. The highest BCUT2D eigenvalue weighted by Crippen LogP contribution is 2.18. The number of hydrogen-bond donors (Lipinski definition) is 2. The van der Waals surface area contributed by atoms with E-state index in [0.717, 1.165) is 12.8 Å². The van der Waals surface area contributed by atoms with Crippen molar-refractivity contribution in [2.75, 3.05) is 5.32 Å². The van der Waals surface area contributed by atoms with Crippen LogP contribution >= 0.6 is 0 Å². The first kappa shape index (κ1) is 13.3. The highest BCUT2D eigenvalue weighted by molar-refractivity contribution is 6.03. The van der Waals surface area contributed by atoms with Gasteiger partial charge in [0, 0.05) is 12.2 Å². The maximum atomic E-state index is 11.5. The molecule has 0 atom stereocenters. The van der Waals surface area contributed by atoms with Gasteiger partial charge in [0.25, 0.3) is 0 Å². The van der Waals surface area contributed by atoms with Gasteiger partial charge in [-0.1, -0.05) is 0 Å². The van der Waals surface area contributed by atoms with E-state index in [1.54, 1.807) is 6.20 Å². The van der Waals surface area contributed by atoms with Gasteiger partial charge in [-0.05, 0) is 19.8 Å². The molecule has 1 heterocycles. The Balaban J connectivity index is 1.82. The molecular formula is C12H16N4O3. The average molecular weight is 264 g/mol. The Morgan fingerprint density at radius 3 is 2.74 bits per heavy atom. The second-order valence-electron chi connectivity index (χ2n) is 4.70. The van der Waals surface area contributed by atoms with Crippen LogP contribution in [0.5, 0.6) is 0 Å². The first-order valence-corrected chi connectivity index (χ1v) is 6.14. The molecule has 0 saturated heterocycles. The Bertz CT molecular complexity index is 505. The lowest BCUT2D eigenvalue weighted by Crippen LogP contribution is -2.29. The lowest BCUT2D eigenvalue weighted by Gasteiger charge is -2.02. The Hall–Kier alpha value is -2.18. The Labute approximate surface area is 110 Å². The van der Waals surface area contributed by atoms with Crippen molar-refractivity contribution in [3.8, 4) is 0 Å². The van der Waals surface area contributed by atoms with Gasteiger partial charge in [-0.25, -0.2) is 0 Å². The number of nitrogens with zero attached hydrogens (tertiary/aromatic N) is 2. The van der Waals surface area contributed by atoms with Crippen molar-refractivity contribution in [3.63, 3.8) is 0 Å². The lowest BCUT2D eigenvalue weighted by atomic mass is 10.3. The SMILES string of the molecule is CC(=O)CC(=O)Nc1cnn(CC(=O)NC2CC2)c1. The minimum Gasteiger partial charge on any atom is -0.352 e. The summed E-state index contributed by atoms with van der Waals surface area (Å²) in [7, 11) is 0. The van der Waals surface area contributed by atoms with Gasteiger partial charge in [-0.3, -0.25) is 19.1 Å². The fourth-order valence-electron chi connectivity index (χ4n) is 1.59. The second-order valence-corrected chi connectivity index (χ2v) is 4.70. The molecule has 1 saturated carbocycles. The van der Waals surface area contributed by atoms with Crippen molar-refractivity contribution in [2.24, 2.45) is 0 Å². The molecule has 0 unspecified atom stereocenters. The summed E-state index contributed by atoms with van der Waals surface area (Å²) in [6.45, 7) is 1.48. The molecule has 1 aliphatic carbocycles. The molecule has 0 spiro atoms. The van der Waals surface area contributed by atoms with Crippen molar-refractivity contribution in [1.29, 1.82) is 0 Å². The van der Waals surface area contributed by atoms with E-state index >= 15 is 0 Å². The van der Waals surface area contributed by atoms with E-state index in [1.165, 1.54) is 17.8 Å². The molecule has 0 radical (unpaired) electrons. The standard InChI is InChI=1S/C12H16N4O3/c1-8(17)4-11(18)15-10-5-13-16(6-10)7-12(19)14-9-2-3-9/h5-6,9H,2-4,7H2,1H3,(H,14,19)(H,15,18). The highest BCUT2D eigenvalue weighted by atomic mass is 16.2. The number of anilines is 1. The largest absolute Gasteiger partial charge is 0.352 e. The van der Waals surface area contributed by atoms with Crippen LogP contribution in [-0.2, 0) is 20.9 Å². The normalized spacial score (nSPS) is 13.9. The zero-order valence-corrected chi connectivity index (χ0v) is 10.7. The minimum atomic E-state index is -0.380. The van der Waals surface area contributed by atoms with Crippen molar-refractivity contribution < 1.29 is 14.4 Å². The van der Waals surface area contributed by atoms with Gasteiger partial charge >= 0.3 is 0 Å². The van der Waals surface area contributed by atoms with Gasteiger partial charge in [0.15, 0.2) is 0 Å². The topological polar surface area (TPSA) is 93.1 Å². The number of rotatable bonds is 6.